The van der Waals surface area contributed by atoms with Crippen LogP contribution in [0.3, 0.4) is 0 Å². The molecule has 0 saturated carbocycles. The molecule has 0 bridgehead atoms. The quantitative estimate of drug-likeness (QED) is 0.593. The molecule has 2 saturated heterocycles. The Morgan fingerprint density at radius 2 is 2.00 bits per heavy atom. The molecule has 0 radical (unpaired) electrons. The Bertz CT molecular complexity index is 1460. The lowest BCUT2D eigenvalue weighted by molar-refractivity contribution is -0.154. The third kappa shape index (κ3) is 5.27. The number of nitrogens with zero attached hydrogens (tertiary/aromatic N) is 3. The molecule has 1 N–H and O–H groups in total. The van der Waals surface area contributed by atoms with Gasteiger partial charge in [-0.3, -0.25) is 14.5 Å². The van der Waals surface area contributed by atoms with E-state index < -0.39 is 29.1 Å². The maximum atomic E-state index is 14.1. The number of allylic oxidation sites excluding steroid dienone is 6. The number of piperazine rings is 1. The van der Waals surface area contributed by atoms with E-state index in [-0.39, 0.29) is 18.4 Å². The van der Waals surface area contributed by atoms with Crippen LogP contribution < -0.4 is 5.32 Å². The molecule has 6 rings (SSSR count). The molecule has 3 atom stereocenters. The smallest absolute Gasteiger partial charge is 0.243 e. The van der Waals surface area contributed by atoms with Gasteiger partial charge in [0.1, 0.15) is 23.5 Å². The van der Waals surface area contributed by atoms with Gasteiger partial charge < -0.3 is 15.0 Å². The SMILES string of the molecule is C=C1\C=C/C(/C=C/CN2C(=O)[C@H]3COCCN3C[C@H]2c2cc(F)cc(F)c2)=C\CC[C@@]2(C1)C(=O)Nc1ncccc12. The molecule has 1 aromatic heterocycles. The molecule has 1 aliphatic carbocycles. The number of halogens is 2. The van der Waals surface area contributed by atoms with Crippen molar-refractivity contribution in [3.63, 3.8) is 0 Å². The normalized spacial score (nSPS) is 28.9. The summed E-state index contributed by atoms with van der Waals surface area (Å²) in [5.74, 6) is -0.902. The van der Waals surface area contributed by atoms with Gasteiger partial charge in [0, 0.05) is 37.5 Å². The average molecular weight is 559 g/mol. The minimum Gasteiger partial charge on any atom is -0.378 e. The number of carbonyl (C=O) groups excluding carboxylic acids is 2. The Morgan fingerprint density at radius 1 is 1.17 bits per heavy atom. The number of nitrogens with one attached hydrogen (secondary N) is 1. The molecule has 2 amide bonds. The first-order valence-corrected chi connectivity index (χ1v) is 13.9. The van der Waals surface area contributed by atoms with Gasteiger partial charge >= 0.3 is 0 Å². The summed E-state index contributed by atoms with van der Waals surface area (Å²) in [6.07, 6.45) is 13.2. The molecule has 7 nitrogen and oxygen atoms in total. The highest BCUT2D eigenvalue weighted by Crippen LogP contribution is 2.45. The number of rotatable bonds is 4. The van der Waals surface area contributed by atoms with E-state index in [4.69, 9.17) is 4.74 Å². The Kier molecular flexibility index (Phi) is 7.40. The van der Waals surface area contributed by atoms with Gasteiger partial charge in [-0.05, 0) is 48.6 Å². The third-order valence-electron chi connectivity index (χ3n) is 8.45. The number of aromatic nitrogens is 1. The van der Waals surface area contributed by atoms with E-state index in [1.807, 2.05) is 41.3 Å². The first-order chi connectivity index (χ1) is 19.8. The molecular formula is C32H32F2N4O3. The van der Waals surface area contributed by atoms with Crippen molar-refractivity contribution in [3.8, 4) is 0 Å². The minimum absolute atomic E-state index is 0.0580. The molecule has 9 heteroatoms. The van der Waals surface area contributed by atoms with Crippen LogP contribution in [0.2, 0.25) is 0 Å². The summed E-state index contributed by atoms with van der Waals surface area (Å²) in [7, 11) is 0. The summed E-state index contributed by atoms with van der Waals surface area (Å²) in [5, 5.41) is 2.93. The van der Waals surface area contributed by atoms with Crippen LogP contribution in [0.5, 0.6) is 0 Å². The summed E-state index contributed by atoms with van der Waals surface area (Å²) < 4.78 is 33.9. The lowest BCUT2D eigenvalue weighted by atomic mass is 9.73. The van der Waals surface area contributed by atoms with Crippen LogP contribution in [0, 0.1) is 11.6 Å². The lowest BCUT2D eigenvalue weighted by Crippen LogP contribution is -2.62. The van der Waals surface area contributed by atoms with Gasteiger partial charge in [0.2, 0.25) is 11.8 Å². The summed E-state index contributed by atoms with van der Waals surface area (Å²) in [6.45, 7) is 6.36. The number of benzene rings is 1. The zero-order valence-electron chi connectivity index (χ0n) is 22.7. The number of anilines is 1. The Morgan fingerprint density at radius 3 is 2.83 bits per heavy atom. The minimum atomic E-state index is -0.720. The molecule has 1 aromatic carbocycles. The fourth-order valence-electron chi connectivity index (χ4n) is 6.41. The Hall–Kier alpha value is -3.95. The number of hydrogen-bond acceptors (Lipinski definition) is 5. The number of ether oxygens (including phenoxy) is 1. The van der Waals surface area contributed by atoms with Gasteiger partial charge in [-0.25, -0.2) is 13.8 Å². The van der Waals surface area contributed by atoms with Crippen molar-refractivity contribution in [2.24, 2.45) is 0 Å². The van der Waals surface area contributed by atoms with Crippen LogP contribution in [-0.2, 0) is 19.7 Å². The van der Waals surface area contributed by atoms with Crippen molar-refractivity contribution in [3.05, 3.63) is 107 Å². The number of carbonyl (C=O) groups is 2. The largest absolute Gasteiger partial charge is 0.378 e. The van der Waals surface area contributed by atoms with E-state index in [0.717, 1.165) is 22.8 Å². The highest BCUT2D eigenvalue weighted by atomic mass is 19.1. The van der Waals surface area contributed by atoms with Crippen molar-refractivity contribution >= 4 is 17.6 Å². The fraction of sp³-hybridized carbons (Fsp3) is 0.344. The molecule has 2 fully saturated rings. The van der Waals surface area contributed by atoms with Gasteiger partial charge in [0.05, 0.1) is 24.7 Å². The van der Waals surface area contributed by atoms with Gasteiger partial charge in [-0.1, -0.05) is 48.6 Å². The van der Waals surface area contributed by atoms with Crippen LogP contribution in [-0.4, -0.2) is 65.5 Å². The third-order valence-corrected chi connectivity index (χ3v) is 8.45. The van der Waals surface area contributed by atoms with Gasteiger partial charge in [0.15, 0.2) is 0 Å². The van der Waals surface area contributed by atoms with E-state index in [1.54, 1.807) is 11.1 Å². The maximum absolute atomic E-state index is 14.1. The molecule has 1 spiro atoms. The fourth-order valence-corrected chi connectivity index (χ4v) is 6.41. The van der Waals surface area contributed by atoms with Crippen LogP contribution in [0.15, 0.2) is 84.6 Å². The van der Waals surface area contributed by atoms with E-state index in [1.165, 1.54) is 12.1 Å². The summed E-state index contributed by atoms with van der Waals surface area (Å²) in [6, 6.07) is 6.34. The first-order valence-electron chi connectivity index (χ1n) is 13.9. The van der Waals surface area contributed by atoms with Crippen molar-refractivity contribution in [2.75, 3.05) is 38.2 Å². The predicted octanol–water partition coefficient (Wildman–Crippen LogP) is 4.61. The number of hydrogen-bond donors (Lipinski definition) is 1. The van der Waals surface area contributed by atoms with Gasteiger partial charge in [-0.15, -0.1) is 0 Å². The zero-order valence-corrected chi connectivity index (χ0v) is 22.7. The van der Waals surface area contributed by atoms with Gasteiger partial charge in [-0.2, -0.15) is 0 Å². The van der Waals surface area contributed by atoms with Crippen molar-refractivity contribution < 1.29 is 23.1 Å². The van der Waals surface area contributed by atoms with Crippen LogP contribution >= 0.6 is 0 Å². The van der Waals surface area contributed by atoms with E-state index in [9.17, 15) is 18.4 Å². The number of pyridine rings is 1. The molecular weight excluding hydrogens is 526 g/mol. The average Bonchev–Trinajstić information content (AvgIpc) is 3.26. The summed E-state index contributed by atoms with van der Waals surface area (Å²) in [5.41, 5.74) is 2.36. The highest BCUT2D eigenvalue weighted by molar-refractivity contribution is 6.05. The molecule has 4 heterocycles. The second-order valence-electron chi connectivity index (χ2n) is 11.0. The van der Waals surface area contributed by atoms with Crippen LogP contribution in [0.1, 0.15) is 36.4 Å². The van der Waals surface area contributed by atoms with Crippen molar-refractivity contribution in [2.45, 2.75) is 36.8 Å². The molecule has 41 heavy (non-hydrogen) atoms. The van der Waals surface area contributed by atoms with Crippen LogP contribution in [0.25, 0.3) is 0 Å². The number of amides is 2. The summed E-state index contributed by atoms with van der Waals surface area (Å²) in [4.78, 5) is 34.8. The Labute approximate surface area is 237 Å². The number of morpholine rings is 1. The molecule has 2 aromatic rings. The van der Waals surface area contributed by atoms with E-state index in [0.29, 0.717) is 56.9 Å². The number of fused-ring (bicyclic) bond motifs is 3. The van der Waals surface area contributed by atoms with Gasteiger partial charge in [0.25, 0.3) is 0 Å². The maximum Gasteiger partial charge on any atom is 0.243 e. The standard InChI is InChI=1S/C32H32F2N4O3/c1-21-8-9-22(5-2-10-32(18-21)26-7-3-11-35-29(26)36-31(32)40)6-4-12-38-27(23-15-24(33)17-25(34)16-23)19-37-13-14-41-20-28(37)30(38)39/h3-9,11,15-17,27-28H,1-2,10,12-14,18-20H2,(H,35,36,40)/b6-4+,9-8-,22-5-/t27-,28+,32-/m0/s1. The lowest BCUT2D eigenvalue weighted by Gasteiger charge is -2.47. The second kappa shape index (κ2) is 11.1. The summed E-state index contributed by atoms with van der Waals surface area (Å²) >= 11 is 0. The topological polar surface area (TPSA) is 74.8 Å². The van der Waals surface area contributed by atoms with Crippen molar-refractivity contribution in [1.29, 1.82) is 0 Å². The zero-order chi connectivity index (χ0) is 28.6. The second-order valence-corrected chi connectivity index (χ2v) is 11.0. The molecule has 0 unspecified atom stereocenters. The first kappa shape index (κ1) is 27.2. The highest BCUT2D eigenvalue weighted by Gasteiger charge is 2.47. The molecule has 3 aliphatic heterocycles. The van der Waals surface area contributed by atoms with E-state index in [2.05, 4.69) is 23.0 Å². The monoisotopic (exact) mass is 558 g/mol. The predicted molar refractivity (Wildman–Crippen MR) is 151 cm³/mol. The van der Waals surface area contributed by atoms with Crippen LogP contribution in [0.4, 0.5) is 14.6 Å². The van der Waals surface area contributed by atoms with Crippen molar-refractivity contribution in [1.82, 2.24) is 14.8 Å². The van der Waals surface area contributed by atoms with E-state index >= 15 is 0 Å². The molecule has 4 aliphatic rings. The molecule has 212 valence electrons. The Balaban J connectivity index is 1.23.